The van der Waals surface area contributed by atoms with Gasteiger partial charge in [-0.25, -0.2) is 9.38 Å². The number of nitrogens with zero attached hydrogens (tertiary/aromatic N) is 1. The maximum atomic E-state index is 14.5. The quantitative estimate of drug-likeness (QED) is 0.360. The second-order valence-electron chi connectivity index (χ2n) is 8.88. The highest BCUT2D eigenvalue weighted by Crippen LogP contribution is 2.32. The number of aliphatic imine (C=N–C) groups is 1. The van der Waals surface area contributed by atoms with Crippen molar-refractivity contribution in [3.05, 3.63) is 93.1 Å². The van der Waals surface area contributed by atoms with E-state index in [1.807, 2.05) is 12.1 Å². The van der Waals surface area contributed by atoms with Gasteiger partial charge in [0.15, 0.2) is 5.17 Å². The van der Waals surface area contributed by atoms with E-state index in [0.717, 1.165) is 11.1 Å². The number of benzene rings is 3. The van der Waals surface area contributed by atoms with Crippen molar-refractivity contribution in [1.82, 2.24) is 5.32 Å². The van der Waals surface area contributed by atoms with Crippen LogP contribution in [-0.4, -0.2) is 22.2 Å². The van der Waals surface area contributed by atoms with Gasteiger partial charge in [-0.2, -0.15) is 0 Å². The number of hydrogen-bond donors (Lipinski definition) is 2. The number of carboxylic acids is 1. The highest BCUT2D eigenvalue weighted by atomic mass is 32.2. The number of carbonyl (C=O) groups excluding carboxylic acids is 1. The summed E-state index contributed by atoms with van der Waals surface area (Å²) < 4.78 is 14.5. The molecule has 3 aromatic carbocycles. The van der Waals surface area contributed by atoms with E-state index in [0.29, 0.717) is 15.8 Å². The van der Waals surface area contributed by atoms with E-state index < -0.39 is 17.7 Å². The minimum Gasteiger partial charge on any atom is -0.481 e. The normalized spacial score (nSPS) is 16.4. The number of nitrogens with one attached hydrogen (secondary N) is 1. The molecule has 0 radical (unpaired) electrons. The summed E-state index contributed by atoms with van der Waals surface area (Å²) in [6, 6.07) is 16.6. The molecule has 1 atom stereocenters. The van der Waals surface area contributed by atoms with Crippen molar-refractivity contribution in [3.63, 3.8) is 0 Å². The Morgan fingerprint density at radius 3 is 2.33 bits per heavy atom. The molecule has 184 valence electrons. The zero-order valence-electron chi connectivity index (χ0n) is 20.6. The Labute approximate surface area is 214 Å². The first kappa shape index (κ1) is 25.4. The summed E-state index contributed by atoms with van der Waals surface area (Å²) in [4.78, 5) is 28.7. The Hall–Kier alpha value is -3.71. The maximum absolute atomic E-state index is 14.5. The lowest BCUT2D eigenvalue weighted by Gasteiger charge is -2.12. The van der Waals surface area contributed by atoms with Gasteiger partial charge in [-0.1, -0.05) is 55.0 Å². The second-order valence-corrected chi connectivity index (χ2v) is 9.91. The van der Waals surface area contributed by atoms with Crippen LogP contribution in [0.1, 0.15) is 47.1 Å². The van der Waals surface area contributed by atoms with Gasteiger partial charge in [-0.05, 0) is 85.0 Å². The van der Waals surface area contributed by atoms with Crippen molar-refractivity contribution in [2.75, 3.05) is 0 Å². The number of carbonyl (C=O) groups is 2. The Morgan fingerprint density at radius 1 is 1.08 bits per heavy atom. The standard InChI is InChI=1S/C29H27FN2O3S/c1-5-22(28(34)35)23-11-10-21(15-24(23)30)31-29-32-27(33)25(36-29)14-19-6-8-20(9-7-19)26-17(3)12-16(2)13-18(26)4/h6-15,22H,5H2,1-4H3,(H,34,35)(H,31,32,33)/b25-14+. The van der Waals surface area contributed by atoms with Crippen LogP contribution in [0, 0.1) is 26.6 Å². The fraction of sp³-hybridized carbons (Fsp3) is 0.207. The molecule has 0 aliphatic carbocycles. The molecule has 3 aromatic rings. The molecule has 5 nitrogen and oxygen atoms in total. The molecule has 1 unspecified atom stereocenters. The Bertz CT molecular complexity index is 1390. The monoisotopic (exact) mass is 502 g/mol. The molecule has 1 aliphatic rings. The lowest BCUT2D eigenvalue weighted by Crippen LogP contribution is -2.19. The van der Waals surface area contributed by atoms with Crippen LogP contribution in [0.5, 0.6) is 0 Å². The molecule has 0 bridgehead atoms. The Morgan fingerprint density at radius 2 is 1.75 bits per heavy atom. The van der Waals surface area contributed by atoms with Crippen molar-refractivity contribution < 1.29 is 19.1 Å². The van der Waals surface area contributed by atoms with Gasteiger partial charge in [-0.15, -0.1) is 0 Å². The summed E-state index contributed by atoms with van der Waals surface area (Å²) in [5.41, 5.74) is 7.33. The first-order chi connectivity index (χ1) is 17.2. The third-order valence-electron chi connectivity index (χ3n) is 6.12. The number of halogens is 1. The molecular weight excluding hydrogens is 475 g/mol. The fourth-order valence-corrected chi connectivity index (χ4v) is 5.37. The summed E-state index contributed by atoms with van der Waals surface area (Å²) in [6.07, 6.45) is 2.08. The van der Waals surface area contributed by atoms with Gasteiger partial charge in [0, 0.05) is 5.56 Å². The van der Waals surface area contributed by atoms with Crippen molar-refractivity contribution in [1.29, 1.82) is 0 Å². The molecule has 0 saturated carbocycles. The topological polar surface area (TPSA) is 78.8 Å². The molecule has 1 aliphatic heterocycles. The van der Waals surface area contributed by atoms with E-state index in [2.05, 4.69) is 55.3 Å². The van der Waals surface area contributed by atoms with Gasteiger partial charge < -0.3 is 10.4 Å². The van der Waals surface area contributed by atoms with Gasteiger partial charge in [0.25, 0.3) is 5.91 Å². The molecule has 1 saturated heterocycles. The summed E-state index contributed by atoms with van der Waals surface area (Å²) in [5.74, 6) is -2.88. The van der Waals surface area contributed by atoms with Gasteiger partial charge in [0.2, 0.25) is 0 Å². The van der Waals surface area contributed by atoms with Gasteiger partial charge >= 0.3 is 5.97 Å². The summed E-state index contributed by atoms with van der Waals surface area (Å²) in [7, 11) is 0. The van der Waals surface area contributed by atoms with Gasteiger partial charge in [0.05, 0.1) is 16.5 Å². The predicted molar refractivity (Wildman–Crippen MR) is 144 cm³/mol. The highest BCUT2D eigenvalue weighted by molar-refractivity contribution is 8.18. The third-order valence-corrected chi connectivity index (χ3v) is 7.03. The predicted octanol–water partition coefficient (Wildman–Crippen LogP) is 6.89. The third kappa shape index (κ3) is 5.41. The smallest absolute Gasteiger partial charge is 0.311 e. The molecule has 1 amide bonds. The minimum atomic E-state index is -1.07. The fourth-order valence-electron chi connectivity index (χ4n) is 4.53. The largest absolute Gasteiger partial charge is 0.481 e. The van der Waals surface area contributed by atoms with Crippen molar-refractivity contribution in [2.45, 2.75) is 40.0 Å². The first-order valence-corrected chi connectivity index (χ1v) is 12.5. The van der Waals surface area contributed by atoms with Crippen molar-refractivity contribution in [3.8, 4) is 11.1 Å². The molecule has 0 aromatic heterocycles. The molecule has 1 fully saturated rings. The number of hydrogen-bond acceptors (Lipinski definition) is 4. The molecule has 36 heavy (non-hydrogen) atoms. The number of thioether (sulfide) groups is 1. The van der Waals surface area contributed by atoms with E-state index in [1.54, 1.807) is 19.1 Å². The molecule has 0 spiro atoms. The van der Waals surface area contributed by atoms with E-state index >= 15 is 0 Å². The van der Waals surface area contributed by atoms with E-state index in [-0.39, 0.29) is 17.9 Å². The second kappa shape index (κ2) is 10.5. The zero-order chi connectivity index (χ0) is 26.0. The van der Waals surface area contributed by atoms with Crippen LogP contribution in [0.3, 0.4) is 0 Å². The van der Waals surface area contributed by atoms with Gasteiger partial charge in [0.1, 0.15) is 5.82 Å². The van der Waals surface area contributed by atoms with Crippen LogP contribution in [0.2, 0.25) is 0 Å². The summed E-state index contributed by atoms with van der Waals surface area (Å²) in [6.45, 7) is 8.01. The lowest BCUT2D eigenvalue weighted by molar-refractivity contribution is -0.139. The molecule has 7 heteroatoms. The van der Waals surface area contributed by atoms with Gasteiger partial charge in [-0.3, -0.25) is 9.59 Å². The highest BCUT2D eigenvalue weighted by Gasteiger charge is 2.25. The maximum Gasteiger partial charge on any atom is 0.311 e. The summed E-state index contributed by atoms with van der Waals surface area (Å²) in [5, 5.41) is 12.3. The average Bonchev–Trinajstić information content (AvgIpc) is 3.14. The minimum absolute atomic E-state index is 0.122. The lowest BCUT2D eigenvalue weighted by atomic mass is 9.93. The molecule has 2 N–H and O–H groups in total. The number of amides is 1. The number of aliphatic carboxylic acids is 1. The number of carboxylic acid groups (broad SMARTS) is 1. The van der Waals surface area contributed by atoms with E-state index in [4.69, 9.17) is 0 Å². The molecule has 4 rings (SSSR count). The van der Waals surface area contributed by atoms with Crippen LogP contribution < -0.4 is 5.32 Å². The number of aryl methyl sites for hydroxylation is 3. The zero-order valence-corrected chi connectivity index (χ0v) is 21.4. The average molecular weight is 503 g/mol. The SMILES string of the molecule is CCC(C(=O)O)c1ccc(N=C2NC(=O)/C(=C\c3ccc(-c4c(C)cc(C)cc4C)cc3)S2)cc1F. The summed E-state index contributed by atoms with van der Waals surface area (Å²) >= 11 is 1.18. The molecular formula is C29H27FN2O3S. The van der Waals surface area contributed by atoms with Crippen LogP contribution in [0.15, 0.2) is 64.5 Å². The molecule has 1 heterocycles. The first-order valence-electron chi connectivity index (χ1n) is 11.7. The van der Waals surface area contributed by atoms with Crippen molar-refractivity contribution in [2.24, 2.45) is 4.99 Å². The number of amidine groups is 1. The Kier molecular flexibility index (Phi) is 7.40. The van der Waals surface area contributed by atoms with Crippen LogP contribution in [-0.2, 0) is 9.59 Å². The number of rotatable bonds is 6. The van der Waals surface area contributed by atoms with Crippen LogP contribution >= 0.6 is 11.8 Å². The van der Waals surface area contributed by atoms with Crippen molar-refractivity contribution >= 4 is 40.6 Å². The van der Waals surface area contributed by atoms with E-state index in [9.17, 15) is 19.1 Å². The van der Waals surface area contributed by atoms with E-state index in [1.165, 1.54) is 46.1 Å². The Balaban J connectivity index is 1.53. The van der Waals surface area contributed by atoms with Crippen LogP contribution in [0.25, 0.3) is 17.2 Å². The van der Waals surface area contributed by atoms with Crippen LogP contribution in [0.4, 0.5) is 10.1 Å².